The van der Waals surface area contributed by atoms with E-state index in [4.69, 9.17) is 9.84 Å². The Morgan fingerprint density at radius 1 is 1.32 bits per heavy atom. The van der Waals surface area contributed by atoms with Gasteiger partial charge in [0.25, 0.3) is 0 Å². The monoisotopic (exact) mass is 266 g/mol. The van der Waals surface area contributed by atoms with E-state index < -0.39 is 5.97 Å². The Morgan fingerprint density at radius 3 is 2.32 bits per heavy atom. The van der Waals surface area contributed by atoms with Gasteiger partial charge in [0.15, 0.2) is 5.82 Å². The molecule has 0 aliphatic carbocycles. The van der Waals surface area contributed by atoms with E-state index in [-0.39, 0.29) is 12.5 Å². The Balaban J connectivity index is 2.98. The summed E-state index contributed by atoms with van der Waals surface area (Å²) in [7, 11) is 1.66. The molecule has 0 saturated heterocycles. The van der Waals surface area contributed by atoms with Crippen LogP contribution < -0.4 is 0 Å². The molecule has 1 aromatic heterocycles. The molecular weight excluding hydrogens is 244 g/mol. The lowest BCUT2D eigenvalue weighted by Gasteiger charge is -2.16. The number of aromatic nitrogens is 2. The molecule has 5 heteroatoms. The summed E-state index contributed by atoms with van der Waals surface area (Å²) in [6.07, 6.45) is 2.37. The predicted octanol–water partition coefficient (Wildman–Crippen LogP) is 2.60. The number of aryl methyl sites for hydroxylation is 2. The van der Waals surface area contributed by atoms with E-state index in [9.17, 15) is 4.79 Å². The molecule has 1 heterocycles. The molecule has 0 bridgehead atoms. The summed E-state index contributed by atoms with van der Waals surface area (Å²) in [5.74, 6) is -0.109. The molecule has 1 atom stereocenters. The van der Waals surface area contributed by atoms with Crippen LogP contribution in [-0.2, 0) is 16.0 Å². The maximum absolute atomic E-state index is 10.6. The van der Waals surface area contributed by atoms with Crippen molar-refractivity contribution in [2.24, 2.45) is 0 Å². The van der Waals surface area contributed by atoms with Crippen molar-refractivity contribution < 1.29 is 14.6 Å². The molecule has 0 aliphatic rings. The van der Waals surface area contributed by atoms with E-state index in [1.165, 1.54) is 0 Å². The zero-order chi connectivity index (χ0) is 14.4. The molecule has 0 spiro atoms. The van der Waals surface area contributed by atoms with Gasteiger partial charge in [0.2, 0.25) is 0 Å². The molecule has 1 unspecified atom stereocenters. The molecule has 19 heavy (non-hydrogen) atoms. The lowest BCUT2D eigenvalue weighted by atomic mass is 10.1. The van der Waals surface area contributed by atoms with Gasteiger partial charge in [-0.2, -0.15) is 0 Å². The van der Waals surface area contributed by atoms with Gasteiger partial charge in [-0.3, -0.25) is 4.79 Å². The molecule has 1 rings (SSSR count). The van der Waals surface area contributed by atoms with Crippen molar-refractivity contribution in [2.45, 2.75) is 52.6 Å². The summed E-state index contributed by atoms with van der Waals surface area (Å²) in [5, 5.41) is 8.75. The summed E-state index contributed by atoms with van der Waals surface area (Å²) >= 11 is 0. The maximum Gasteiger partial charge on any atom is 0.303 e. The highest BCUT2D eigenvalue weighted by Crippen LogP contribution is 2.21. The van der Waals surface area contributed by atoms with Gasteiger partial charge in [-0.1, -0.05) is 13.3 Å². The van der Waals surface area contributed by atoms with Crippen LogP contribution in [0.2, 0.25) is 0 Å². The normalized spacial score (nSPS) is 12.4. The lowest BCUT2D eigenvalue weighted by Crippen LogP contribution is -2.12. The highest BCUT2D eigenvalue weighted by Gasteiger charge is 2.16. The molecule has 0 aromatic carbocycles. The minimum atomic E-state index is -0.802. The number of methoxy groups -OCH3 is 1. The third-order valence-corrected chi connectivity index (χ3v) is 3.15. The van der Waals surface area contributed by atoms with E-state index >= 15 is 0 Å². The second-order valence-corrected chi connectivity index (χ2v) is 4.64. The van der Waals surface area contributed by atoms with Crippen molar-refractivity contribution in [1.29, 1.82) is 0 Å². The number of hydrogen-bond acceptors (Lipinski definition) is 4. The van der Waals surface area contributed by atoms with Crippen molar-refractivity contribution in [1.82, 2.24) is 9.97 Å². The van der Waals surface area contributed by atoms with Gasteiger partial charge in [-0.15, -0.1) is 0 Å². The van der Waals surface area contributed by atoms with E-state index in [1.807, 2.05) is 13.8 Å². The second kappa shape index (κ2) is 7.19. The number of ether oxygens (including phenoxy) is 1. The van der Waals surface area contributed by atoms with Gasteiger partial charge in [0.1, 0.15) is 6.10 Å². The fraction of sp³-hybridized carbons (Fsp3) is 0.643. The SMILES string of the molecule is CCCC(OC)c1nc(C)c(CCC(=O)O)c(C)n1. The zero-order valence-corrected chi connectivity index (χ0v) is 12.1. The molecule has 0 saturated carbocycles. The van der Waals surface area contributed by atoms with Crippen LogP contribution in [0.4, 0.5) is 0 Å². The minimum Gasteiger partial charge on any atom is -0.481 e. The highest BCUT2D eigenvalue weighted by molar-refractivity contribution is 5.67. The zero-order valence-electron chi connectivity index (χ0n) is 12.1. The van der Waals surface area contributed by atoms with E-state index in [2.05, 4.69) is 16.9 Å². The van der Waals surface area contributed by atoms with Crippen molar-refractivity contribution in [3.05, 3.63) is 22.8 Å². The Labute approximate surface area is 114 Å². The fourth-order valence-electron chi connectivity index (χ4n) is 2.12. The van der Waals surface area contributed by atoms with Crippen LogP contribution >= 0.6 is 0 Å². The number of rotatable bonds is 7. The average molecular weight is 266 g/mol. The summed E-state index contributed by atoms with van der Waals surface area (Å²) in [6, 6.07) is 0. The Hall–Kier alpha value is -1.49. The van der Waals surface area contributed by atoms with Crippen molar-refractivity contribution in [3.8, 4) is 0 Å². The van der Waals surface area contributed by atoms with Crippen molar-refractivity contribution in [3.63, 3.8) is 0 Å². The first-order chi connectivity index (χ1) is 8.99. The lowest BCUT2D eigenvalue weighted by molar-refractivity contribution is -0.136. The Kier molecular flexibility index (Phi) is 5.89. The minimum absolute atomic E-state index is 0.0871. The van der Waals surface area contributed by atoms with Gasteiger partial charge in [0, 0.05) is 24.9 Å². The number of carboxylic acid groups (broad SMARTS) is 1. The van der Waals surface area contributed by atoms with Crippen LogP contribution in [0.25, 0.3) is 0 Å². The van der Waals surface area contributed by atoms with Gasteiger partial charge in [0.05, 0.1) is 0 Å². The summed E-state index contributed by atoms with van der Waals surface area (Å²) in [4.78, 5) is 19.6. The first kappa shape index (κ1) is 15.6. The van der Waals surface area contributed by atoms with Crippen LogP contribution in [0.15, 0.2) is 0 Å². The van der Waals surface area contributed by atoms with Gasteiger partial charge in [-0.05, 0) is 32.3 Å². The molecular formula is C14H22N2O3. The Bertz CT molecular complexity index is 423. The van der Waals surface area contributed by atoms with Crippen LogP contribution in [0.3, 0.4) is 0 Å². The van der Waals surface area contributed by atoms with E-state index in [1.54, 1.807) is 7.11 Å². The smallest absolute Gasteiger partial charge is 0.303 e. The molecule has 1 aromatic rings. The molecule has 106 valence electrons. The van der Waals surface area contributed by atoms with Crippen molar-refractivity contribution >= 4 is 5.97 Å². The van der Waals surface area contributed by atoms with Crippen molar-refractivity contribution in [2.75, 3.05) is 7.11 Å². The van der Waals surface area contributed by atoms with Crippen LogP contribution in [0.1, 0.15) is 55.1 Å². The summed E-state index contributed by atoms with van der Waals surface area (Å²) in [6.45, 7) is 5.88. The van der Waals surface area contributed by atoms with Crippen LogP contribution in [0, 0.1) is 13.8 Å². The molecule has 1 N–H and O–H groups in total. The Morgan fingerprint density at radius 2 is 1.89 bits per heavy atom. The van der Waals surface area contributed by atoms with E-state index in [0.717, 1.165) is 29.8 Å². The van der Waals surface area contributed by atoms with Gasteiger partial charge < -0.3 is 9.84 Å². The highest BCUT2D eigenvalue weighted by atomic mass is 16.5. The van der Waals surface area contributed by atoms with Crippen LogP contribution in [0.5, 0.6) is 0 Å². The van der Waals surface area contributed by atoms with E-state index in [0.29, 0.717) is 12.2 Å². The largest absolute Gasteiger partial charge is 0.481 e. The third kappa shape index (κ3) is 4.28. The second-order valence-electron chi connectivity index (χ2n) is 4.64. The van der Waals surface area contributed by atoms with Gasteiger partial charge in [-0.25, -0.2) is 9.97 Å². The number of aliphatic carboxylic acids is 1. The maximum atomic E-state index is 10.6. The number of hydrogen-bond donors (Lipinski definition) is 1. The summed E-state index contributed by atoms with van der Waals surface area (Å²) < 4.78 is 5.41. The summed E-state index contributed by atoms with van der Waals surface area (Å²) in [5.41, 5.74) is 2.63. The van der Waals surface area contributed by atoms with Gasteiger partial charge >= 0.3 is 5.97 Å². The number of carboxylic acids is 1. The number of carbonyl (C=O) groups is 1. The first-order valence-electron chi connectivity index (χ1n) is 6.58. The molecule has 0 radical (unpaired) electrons. The standard InChI is InChI=1S/C14H22N2O3/c1-5-6-12(19-4)14-15-9(2)11(10(3)16-14)7-8-13(17)18/h12H,5-8H2,1-4H3,(H,17,18). The molecule has 0 aliphatic heterocycles. The topological polar surface area (TPSA) is 72.3 Å². The first-order valence-corrected chi connectivity index (χ1v) is 6.58. The molecule has 0 fully saturated rings. The fourth-order valence-corrected chi connectivity index (χ4v) is 2.12. The third-order valence-electron chi connectivity index (χ3n) is 3.15. The number of nitrogens with zero attached hydrogens (tertiary/aromatic N) is 2. The average Bonchev–Trinajstić information content (AvgIpc) is 2.34. The molecule has 0 amide bonds. The molecule has 5 nitrogen and oxygen atoms in total. The van der Waals surface area contributed by atoms with Crippen LogP contribution in [-0.4, -0.2) is 28.2 Å². The predicted molar refractivity (Wildman–Crippen MR) is 72.1 cm³/mol. The quantitative estimate of drug-likeness (QED) is 0.821.